The number of hydrogen-bond acceptors (Lipinski definition) is 0. The third kappa shape index (κ3) is 2.77. The van der Waals surface area contributed by atoms with E-state index in [1.54, 1.807) is 22.3 Å². The predicted molar refractivity (Wildman–Crippen MR) is 129 cm³/mol. The smallest absolute Gasteiger partial charge is 0.00925 e. The molecule has 0 nitrogen and oxygen atoms in total. The molecular formula is C30H44. The molecule has 0 spiro atoms. The zero-order valence-electron chi connectivity index (χ0n) is 21.0. The van der Waals surface area contributed by atoms with E-state index in [0.717, 1.165) is 5.92 Å². The SMILES string of the molecule is CC1C2C=C3C(=CC2C2C=C4C(=CC12)C(C)(C)CCC4(C)C)C(C)(C)CCC3(C)C. The number of allylic oxidation sites excluding steroid dienone is 8. The molecule has 164 valence electrons. The normalized spacial score (nSPS) is 41.8. The molecule has 3 fully saturated rings. The standard InChI is InChI=1S/C30H44/c1-18-19-14-23-25(29(6,7)12-10-27(23,2)3)16-21(19)22-17-26-24(15-20(18)22)28(4,5)11-13-30(26,8)9/h14-22H,10-13H2,1-9H3. The van der Waals surface area contributed by atoms with Gasteiger partial charge in [0, 0.05) is 0 Å². The van der Waals surface area contributed by atoms with Crippen molar-refractivity contribution >= 4 is 0 Å². The fourth-order valence-electron chi connectivity index (χ4n) is 7.72. The van der Waals surface area contributed by atoms with Crippen LogP contribution in [-0.2, 0) is 0 Å². The van der Waals surface area contributed by atoms with Crippen molar-refractivity contribution in [3.05, 3.63) is 46.6 Å². The molecule has 0 heteroatoms. The highest BCUT2D eigenvalue weighted by molar-refractivity contribution is 5.51. The highest BCUT2D eigenvalue weighted by Gasteiger charge is 2.53. The molecule has 5 aliphatic carbocycles. The van der Waals surface area contributed by atoms with Crippen LogP contribution in [0.1, 0.15) is 88.0 Å². The van der Waals surface area contributed by atoms with Crippen LogP contribution in [0, 0.1) is 51.2 Å². The summed E-state index contributed by atoms with van der Waals surface area (Å²) in [5.74, 6) is 3.50. The zero-order chi connectivity index (χ0) is 21.9. The molecule has 0 heterocycles. The minimum absolute atomic E-state index is 0.322. The third-order valence-electron chi connectivity index (χ3n) is 10.2. The van der Waals surface area contributed by atoms with E-state index in [4.69, 9.17) is 0 Å². The number of fused-ring (bicyclic) bond motifs is 5. The molecule has 5 rings (SSSR count). The average Bonchev–Trinajstić information content (AvgIpc) is 2.93. The molecule has 5 aliphatic rings. The van der Waals surface area contributed by atoms with E-state index in [2.05, 4.69) is 86.6 Å². The molecule has 4 atom stereocenters. The number of rotatable bonds is 0. The van der Waals surface area contributed by atoms with Crippen LogP contribution in [0.4, 0.5) is 0 Å². The van der Waals surface area contributed by atoms with Crippen molar-refractivity contribution in [2.75, 3.05) is 0 Å². The summed E-state index contributed by atoms with van der Waals surface area (Å²) in [6.45, 7) is 22.4. The van der Waals surface area contributed by atoms with Crippen LogP contribution >= 0.6 is 0 Å². The van der Waals surface area contributed by atoms with Gasteiger partial charge in [0.05, 0.1) is 0 Å². The third-order valence-corrected chi connectivity index (χ3v) is 10.2. The lowest BCUT2D eigenvalue weighted by Gasteiger charge is -2.48. The Labute approximate surface area is 186 Å². The van der Waals surface area contributed by atoms with Crippen LogP contribution in [0.3, 0.4) is 0 Å². The zero-order valence-corrected chi connectivity index (χ0v) is 21.0. The molecule has 0 radical (unpaired) electrons. The summed E-state index contributed by atoms with van der Waals surface area (Å²) in [5, 5.41) is 0. The first-order valence-corrected chi connectivity index (χ1v) is 12.6. The highest BCUT2D eigenvalue weighted by Crippen LogP contribution is 2.63. The molecule has 0 bridgehead atoms. The van der Waals surface area contributed by atoms with Gasteiger partial charge in [0.2, 0.25) is 0 Å². The summed E-state index contributed by atoms with van der Waals surface area (Å²) < 4.78 is 0. The average molecular weight is 405 g/mol. The summed E-state index contributed by atoms with van der Waals surface area (Å²) >= 11 is 0. The molecule has 0 amide bonds. The van der Waals surface area contributed by atoms with Crippen LogP contribution < -0.4 is 0 Å². The second kappa shape index (κ2) is 6.05. The van der Waals surface area contributed by atoms with Gasteiger partial charge in [-0.2, -0.15) is 0 Å². The summed E-state index contributed by atoms with van der Waals surface area (Å²) in [5.41, 5.74) is 8.04. The van der Waals surface area contributed by atoms with Crippen molar-refractivity contribution in [2.45, 2.75) is 88.0 Å². The monoisotopic (exact) mass is 404 g/mol. The molecule has 0 aromatic rings. The van der Waals surface area contributed by atoms with Gasteiger partial charge in [-0.25, -0.2) is 0 Å². The maximum atomic E-state index is 2.78. The van der Waals surface area contributed by atoms with Gasteiger partial charge < -0.3 is 0 Å². The predicted octanol–water partition coefficient (Wildman–Crippen LogP) is 8.53. The Balaban J connectivity index is 1.63. The van der Waals surface area contributed by atoms with Gasteiger partial charge in [0.25, 0.3) is 0 Å². The van der Waals surface area contributed by atoms with Gasteiger partial charge >= 0.3 is 0 Å². The van der Waals surface area contributed by atoms with Crippen molar-refractivity contribution in [1.29, 1.82) is 0 Å². The molecule has 0 aromatic carbocycles. The van der Waals surface area contributed by atoms with Gasteiger partial charge in [0.1, 0.15) is 0 Å². The van der Waals surface area contributed by atoms with Gasteiger partial charge in [-0.1, -0.05) is 86.6 Å². The van der Waals surface area contributed by atoms with Gasteiger partial charge in [-0.3, -0.25) is 0 Å². The quantitative estimate of drug-likeness (QED) is 0.379. The largest absolute Gasteiger partial charge is 0.0765 e. The van der Waals surface area contributed by atoms with Crippen molar-refractivity contribution in [1.82, 2.24) is 0 Å². The molecule has 0 N–H and O–H groups in total. The Morgan fingerprint density at radius 3 is 0.967 bits per heavy atom. The van der Waals surface area contributed by atoms with Gasteiger partial charge in [-0.15, -0.1) is 0 Å². The Kier molecular flexibility index (Phi) is 4.20. The minimum Gasteiger partial charge on any atom is -0.0765 e. The van der Waals surface area contributed by atoms with Gasteiger partial charge in [-0.05, 0) is 99.2 Å². The second-order valence-corrected chi connectivity index (χ2v) is 14.0. The lowest BCUT2D eigenvalue weighted by molar-refractivity contribution is 0.244. The first-order chi connectivity index (χ1) is 13.7. The summed E-state index contributed by atoms with van der Waals surface area (Å²) in [6.07, 6.45) is 16.4. The van der Waals surface area contributed by atoms with E-state index in [1.165, 1.54) is 25.7 Å². The van der Waals surface area contributed by atoms with Gasteiger partial charge in [0.15, 0.2) is 0 Å². The van der Waals surface area contributed by atoms with Crippen molar-refractivity contribution < 1.29 is 0 Å². The Morgan fingerprint density at radius 2 is 0.700 bits per heavy atom. The van der Waals surface area contributed by atoms with Crippen molar-refractivity contribution in [3.63, 3.8) is 0 Å². The van der Waals surface area contributed by atoms with Crippen molar-refractivity contribution in [2.24, 2.45) is 51.2 Å². The van der Waals surface area contributed by atoms with Crippen LogP contribution in [0.15, 0.2) is 46.6 Å². The summed E-state index contributed by atoms with van der Waals surface area (Å²) in [7, 11) is 0. The Hall–Kier alpha value is -1.04. The first kappa shape index (κ1) is 20.8. The minimum atomic E-state index is 0.322. The van der Waals surface area contributed by atoms with Crippen LogP contribution in [-0.4, -0.2) is 0 Å². The lowest BCUT2D eigenvalue weighted by atomic mass is 9.56. The molecular weight excluding hydrogens is 360 g/mol. The molecule has 30 heavy (non-hydrogen) atoms. The molecule has 0 aliphatic heterocycles. The van der Waals surface area contributed by atoms with Crippen LogP contribution in [0.25, 0.3) is 0 Å². The van der Waals surface area contributed by atoms with Crippen LogP contribution in [0.2, 0.25) is 0 Å². The fraction of sp³-hybridized carbons (Fsp3) is 0.733. The number of hydrogen-bond donors (Lipinski definition) is 0. The van der Waals surface area contributed by atoms with E-state index < -0.39 is 0 Å². The van der Waals surface area contributed by atoms with Crippen molar-refractivity contribution in [3.8, 4) is 0 Å². The molecule has 3 saturated carbocycles. The second-order valence-electron chi connectivity index (χ2n) is 14.0. The Morgan fingerprint density at radius 1 is 0.467 bits per heavy atom. The van der Waals surface area contributed by atoms with E-state index in [9.17, 15) is 0 Å². The van der Waals surface area contributed by atoms with E-state index in [1.807, 2.05) is 0 Å². The summed E-state index contributed by atoms with van der Waals surface area (Å²) in [4.78, 5) is 0. The van der Waals surface area contributed by atoms with E-state index in [0.29, 0.717) is 45.3 Å². The molecule has 4 unspecified atom stereocenters. The van der Waals surface area contributed by atoms with E-state index in [-0.39, 0.29) is 0 Å². The molecule has 0 saturated heterocycles. The highest BCUT2D eigenvalue weighted by atomic mass is 14.6. The molecule has 0 aromatic heterocycles. The topological polar surface area (TPSA) is 0 Å². The fourth-order valence-corrected chi connectivity index (χ4v) is 7.72. The Bertz CT molecular complexity index is 820. The van der Waals surface area contributed by atoms with E-state index >= 15 is 0 Å². The first-order valence-electron chi connectivity index (χ1n) is 12.6. The lowest BCUT2D eigenvalue weighted by Crippen LogP contribution is -2.36. The maximum absolute atomic E-state index is 2.78. The summed E-state index contributed by atoms with van der Waals surface area (Å²) in [6, 6.07) is 0. The van der Waals surface area contributed by atoms with Crippen LogP contribution in [0.5, 0.6) is 0 Å². The maximum Gasteiger partial charge on any atom is -0.00925 e.